The van der Waals surface area contributed by atoms with Crippen LogP contribution in [0.1, 0.15) is 6.92 Å². The summed E-state index contributed by atoms with van der Waals surface area (Å²) in [7, 11) is 5.29. The molecule has 0 radical (unpaired) electrons. The Morgan fingerprint density at radius 2 is 2.12 bits per heavy atom. The van der Waals surface area contributed by atoms with Gasteiger partial charge in [0.15, 0.2) is 0 Å². The third kappa shape index (κ3) is 3.58. The zero-order valence-corrected chi connectivity index (χ0v) is 10.8. The number of hydrogen-bond donors (Lipinski definition) is 1. The first-order valence-corrected chi connectivity index (χ1v) is 5.53. The molecule has 1 aromatic heterocycles. The lowest BCUT2D eigenvalue weighted by Gasteiger charge is -2.23. The SMILES string of the molecule is CCN(CC(=O)N(C)C)c1cc(NC)ncn1. The van der Waals surface area contributed by atoms with Crippen LogP contribution in [0.4, 0.5) is 11.6 Å². The zero-order valence-electron chi connectivity index (χ0n) is 10.8. The van der Waals surface area contributed by atoms with Crippen molar-refractivity contribution >= 4 is 17.5 Å². The fourth-order valence-electron chi connectivity index (χ4n) is 1.32. The van der Waals surface area contributed by atoms with E-state index in [2.05, 4.69) is 15.3 Å². The van der Waals surface area contributed by atoms with E-state index < -0.39 is 0 Å². The number of nitrogens with one attached hydrogen (secondary N) is 1. The van der Waals surface area contributed by atoms with E-state index in [0.717, 1.165) is 18.2 Å². The van der Waals surface area contributed by atoms with Gasteiger partial charge < -0.3 is 15.1 Å². The molecule has 0 spiro atoms. The molecule has 0 fully saturated rings. The van der Waals surface area contributed by atoms with E-state index in [1.165, 1.54) is 6.33 Å². The Bertz CT molecular complexity index is 380. The van der Waals surface area contributed by atoms with Crippen LogP contribution in [0.5, 0.6) is 0 Å². The molecule has 1 amide bonds. The molecule has 0 saturated heterocycles. The van der Waals surface area contributed by atoms with E-state index in [1.54, 1.807) is 26.0 Å². The van der Waals surface area contributed by atoms with Crippen molar-refractivity contribution in [1.29, 1.82) is 0 Å². The van der Waals surface area contributed by atoms with Crippen molar-refractivity contribution in [2.45, 2.75) is 6.92 Å². The number of nitrogens with zero attached hydrogens (tertiary/aromatic N) is 4. The summed E-state index contributed by atoms with van der Waals surface area (Å²) in [6, 6.07) is 1.83. The average Bonchev–Trinajstić information content (AvgIpc) is 2.35. The van der Waals surface area contributed by atoms with Gasteiger partial charge in [-0.05, 0) is 6.92 Å². The number of rotatable bonds is 5. The van der Waals surface area contributed by atoms with E-state index in [0.29, 0.717) is 6.54 Å². The highest BCUT2D eigenvalue weighted by Crippen LogP contribution is 2.13. The summed E-state index contributed by atoms with van der Waals surface area (Å²) >= 11 is 0. The van der Waals surface area contributed by atoms with Crippen molar-refractivity contribution in [2.75, 3.05) is 44.4 Å². The van der Waals surface area contributed by atoms with Gasteiger partial charge in [-0.2, -0.15) is 0 Å². The van der Waals surface area contributed by atoms with Crippen molar-refractivity contribution in [2.24, 2.45) is 0 Å². The molecule has 1 aromatic rings. The van der Waals surface area contributed by atoms with E-state index in [1.807, 2.05) is 17.9 Å². The number of aromatic nitrogens is 2. The van der Waals surface area contributed by atoms with Crippen molar-refractivity contribution in [3.05, 3.63) is 12.4 Å². The number of carbonyl (C=O) groups is 1. The lowest BCUT2D eigenvalue weighted by atomic mass is 10.4. The Morgan fingerprint density at radius 1 is 1.41 bits per heavy atom. The van der Waals surface area contributed by atoms with Crippen LogP contribution in [-0.4, -0.2) is 55.0 Å². The first-order chi connectivity index (χ1) is 8.08. The molecule has 1 rings (SSSR count). The van der Waals surface area contributed by atoms with Crippen LogP contribution >= 0.6 is 0 Å². The van der Waals surface area contributed by atoms with Crippen LogP contribution in [0.15, 0.2) is 12.4 Å². The molecule has 1 N–H and O–H groups in total. The highest BCUT2D eigenvalue weighted by atomic mass is 16.2. The Morgan fingerprint density at radius 3 is 2.65 bits per heavy atom. The maximum Gasteiger partial charge on any atom is 0.241 e. The van der Waals surface area contributed by atoms with Gasteiger partial charge in [0, 0.05) is 33.8 Å². The standard InChI is InChI=1S/C11H19N5O/c1-5-16(7-11(17)15(3)4)10-6-9(12-2)13-8-14-10/h6,8H,5,7H2,1-4H3,(H,12,13,14). The topological polar surface area (TPSA) is 61.4 Å². The molecule has 0 bridgehead atoms. The summed E-state index contributed by atoms with van der Waals surface area (Å²) < 4.78 is 0. The van der Waals surface area contributed by atoms with Crippen molar-refractivity contribution in [3.63, 3.8) is 0 Å². The second kappa shape index (κ2) is 6.03. The number of amides is 1. The van der Waals surface area contributed by atoms with E-state index in [-0.39, 0.29) is 5.91 Å². The molecule has 0 aliphatic rings. The van der Waals surface area contributed by atoms with Gasteiger partial charge in [0.25, 0.3) is 0 Å². The van der Waals surface area contributed by atoms with Crippen LogP contribution in [0.3, 0.4) is 0 Å². The summed E-state index contributed by atoms with van der Waals surface area (Å²) in [4.78, 5) is 23.4. The molecule has 0 unspecified atom stereocenters. The Hall–Kier alpha value is -1.85. The molecular formula is C11H19N5O. The van der Waals surface area contributed by atoms with E-state index in [4.69, 9.17) is 0 Å². The largest absolute Gasteiger partial charge is 0.373 e. The Kier molecular flexibility index (Phi) is 4.68. The van der Waals surface area contributed by atoms with Crippen LogP contribution < -0.4 is 10.2 Å². The molecule has 0 aliphatic heterocycles. The van der Waals surface area contributed by atoms with Gasteiger partial charge in [-0.25, -0.2) is 9.97 Å². The second-order valence-corrected chi connectivity index (χ2v) is 3.81. The summed E-state index contributed by atoms with van der Waals surface area (Å²) in [5.74, 6) is 1.55. The first kappa shape index (κ1) is 13.2. The minimum Gasteiger partial charge on any atom is -0.373 e. The third-order valence-corrected chi connectivity index (χ3v) is 2.44. The highest BCUT2D eigenvalue weighted by molar-refractivity contribution is 5.80. The number of hydrogen-bond acceptors (Lipinski definition) is 5. The van der Waals surface area contributed by atoms with Crippen LogP contribution in [0.25, 0.3) is 0 Å². The lowest BCUT2D eigenvalue weighted by molar-refractivity contribution is -0.127. The molecular weight excluding hydrogens is 218 g/mol. The molecule has 1 heterocycles. The summed E-state index contributed by atoms with van der Waals surface area (Å²) in [5, 5.41) is 2.95. The maximum absolute atomic E-state index is 11.7. The van der Waals surface area contributed by atoms with Gasteiger partial charge >= 0.3 is 0 Å². The Balaban J connectivity index is 2.82. The minimum absolute atomic E-state index is 0.0523. The smallest absolute Gasteiger partial charge is 0.241 e. The predicted octanol–water partition coefficient (Wildman–Crippen LogP) is 0.433. The van der Waals surface area contributed by atoms with Crippen LogP contribution in [0.2, 0.25) is 0 Å². The molecule has 0 atom stereocenters. The molecule has 6 nitrogen and oxygen atoms in total. The first-order valence-electron chi connectivity index (χ1n) is 5.53. The van der Waals surface area contributed by atoms with Gasteiger partial charge in [-0.15, -0.1) is 0 Å². The summed E-state index contributed by atoms with van der Waals surface area (Å²) in [6.07, 6.45) is 1.49. The predicted molar refractivity (Wildman–Crippen MR) is 68.2 cm³/mol. The minimum atomic E-state index is 0.0523. The normalized spacial score (nSPS) is 9.88. The molecule has 0 saturated carbocycles. The summed E-state index contributed by atoms with van der Waals surface area (Å²) in [5.41, 5.74) is 0. The second-order valence-electron chi connectivity index (χ2n) is 3.81. The fourth-order valence-corrected chi connectivity index (χ4v) is 1.32. The van der Waals surface area contributed by atoms with Gasteiger partial charge in [0.1, 0.15) is 18.0 Å². The molecule has 94 valence electrons. The van der Waals surface area contributed by atoms with Crippen LogP contribution in [-0.2, 0) is 4.79 Å². The van der Waals surface area contributed by atoms with Crippen molar-refractivity contribution in [1.82, 2.24) is 14.9 Å². The monoisotopic (exact) mass is 237 g/mol. The molecule has 6 heteroatoms. The average molecular weight is 237 g/mol. The van der Waals surface area contributed by atoms with Crippen molar-refractivity contribution < 1.29 is 4.79 Å². The van der Waals surface area contributed by atoms with E-state index >= 15 is 0 Å². The summed E-state index contributed by atoms with van der Waals surface area (Å²) in [6.45, 7) is 3.04. The molecule has 0 aliphatic carbocycles. The quantitative estimate of drug-likeness (QED) is 0.805. The number of likely N-dealkylation sites (N-methyl/N-ethyl adjacent to an activating group) is 2. The third-order valence-electron chi connectivity index (χ3n) is 2.44. The maximum atomic E-state index is 11.7. The highest BCUT2D eigenvalue weighted by Gasteiger charge is 2.12. The zero-order chi connectivity index (χ0) is 12.8. The van der Waals surface area contributed by atoms with Crippen LogP contribution in [0, 0.1) is 0 Å². The van der Waals surface area contributed by atoms with Gasteiger partial charge in [0.05, 0.1) is 6.54 Å². The lowest BCUT2D eigenvalue weighted by Crippen LogP contribution is -2.37. The van der Waals surface area contributed by atoms with Gasteiger partial charge in [-0.1, -0.05) is 0 Å². The van der Waals surface area contributed by atoms with Gasteiger partial charge in [0.2, 0.25) is 5.91 Å². The number of anilines is 2. The van der Waals surface area contributed by atoms with Gasteiger partial charge in [-0.3, -0.25) is 4.79 Å². The molecule has 0 aromatic carbocycles. The molecule has 17 heavy (non-hydrogen) atoms. The number of carbonyl (C=O) groups excluding carboxylic acids is 1. The Labute approximate surface area is 102 Å². The fraction of sp³-hybridized carbons (Fsp3) is 0.545. The van der Waals surface area contributed by atoms with E-state index in [9.17, 15) is 4.79 Å². The van der Waals surface area contributed by atoms with Crippen molar-refractivity contribution in [3.8, 4) is 0 Å².